The summed E-state index contributed by atoms with van der Waals surface area (Å²) in [7, 11) is 0. The van der Waals surface area contributed by atoms with E-state index in [4.69, 9.17) is 11.0 Å². The van der Waals surface area contributed by atoms with E-state index >= 15 is 0 Å². The topological polar surface area (TPSA) is 75.6 Å². The van der Waals surface area contributed by atoms with E-state index in [9.17, 15) is 31.1 Å². The van der Waals surface area contributed by atoms with Crippen molar-refractivity contribution in [2.45, 2.75) is 25.8 Å². The van der Waals surface area contributed by atoms with Crippen LogP contribution < -0.4 is 10.2 Å². The Morgan fingerprint density at radius 1 is 1.09 bits per heavy atom. The molecule has 7 nitrogen and oxygen atoms in total. The van der Waals surface area contributed by atoms with Gasteiger partial charge in [0, 0.05) is 23.9 Å². The lowest BCUT2D eigenvalue weighted by atomic mass is 10.1. The van der Waals surface area contributed by atoms with Crippen molar-refractivity contribution in [1.82, 2.24) is 10.2 Å². The standard InChI is InChI=1S/C21H15F6N5O2/c1-12(33)29-14-5-3-13(4-6-14)19-31-30-18(34-19)10-32(11-20(22,23)24)15-7-8-17(28-2)16(9-15)21(25,26)27/h3-9H,10-11H2,1H3,(H,29,33). The summed E-state index contributed by atoms with van der Waals surface area (Å²) in [5.41, 5.74) is -1.59. The molecule has 1 heterocycles. The van der Waals surface area contributed by atoms with Crippen LogP contribution in [0.25, 0.3) is 16.3 Å². The molecule has 0 saturated carbocycles. The zero-order valence-electron chi connectivity index (χ0n) is 17.3. The van der Waals surface area contributed by atoms with E-state index in [1.165, 1.54) is 19.1 Å². The molecule has 1 aromatic heterocycles. The number of carbonyl (C=O) groups excluding carboxylic acids is 1. The SMILES string of the molecule is [C-]#[N+]c1ccc(N(Cc2nnc(-c3ccc(NC(C)=O)cc3)o2)CC(F)(F)F)cc1C(F)(F)F. The molecule has 0 saturated heterocycles. The van der Waals surface area contributed by atoms with Crippen molar-refractivity contribution in [3.63, 3.8) is 0 Å². The number of hydrogen-bond acceptors (Lipinski definition) is 5. The molecular weight excluding hydrogens is 468 g/mol. The molecule has 178 valence electrons. The van der Waals surface area contributed by atoms with Crippen LogP contribution in [0.3, 0.4) is 0 Å². The second-order valence-corrected chi connectivity index (χ2v) is 7.04. The third-order valence-electron chi connectivity index (χ3n) is 4.39. The monoisotopic (exact) mass is 483 g/mol. The molecule has 0 bridgehead atoms. The fourth-order valence-corrected chi connectivity index (χ4v) is 3.00. The molecule has 3 aromatic rings. The molecule has 0 spiro atoms. The van der Waals surface area contributed by atoms with Crippen molar-refractivity contribution < 1.29 is 35.6 Å². The van der Waals surface area contributed by atoms with E-state index in [1.807, 2.05) is 0 Å². The van der Waals surface area contributed by atoms with Crippen LogP contribution in [0.15, 0.2) is 46.9 Å². The van der Waals surface area contributed by atoms with Gasteiger partial charge in [0.05, 0.1) is 18.7 Å². The summed E-state index contributed by atoms with van der Waals surface area (Å²) < 4.78 is 84.8. The highest BCUT2D eigenvalue weighted by atomic mass is 19.4. The summed E-state index contributed by atoms with van der Waals surface area (Å²) in [5.74, 6) is -0.584. The van der Waals surface area contributed by atoms with E-state index < -0.39 is 42.4 Å². The number of nitrogens with one attached hydrogen (secondary N) is 1. The van der Waals surface area contributed by atoms with Gasteiger partial charge in [-0.2, -0.15) is 26.3 Å². The zero-order valence-corrected chi connectivity index (χ0v) is 17.3. The second kappa shape index (κ2) is 9.42. The minimum Gasteiger partial charge on any atom is -0.419 e. The van der Waals surface area contributed by atoms with Crippen molar-refractivity contribution in [3.05, 3.63) is 65.3 Å². The Kier molecular flexibility index (Phi) is 6.80. The Morgan fingerprint density at radius 3 is 2.32 bits per heavy atom. The minimum atomic E-state index is -4.93. The van der Waals surface area contributed by atoms with Crippen molar-refractivity contribution in [1.29, 1.82) is 0 Å². The lowest BCUT2D eigenvalue weighted by Gasteiger charge is -2.25. The van der Waals surface area contributed by atoms with Crippen LogP contribution in [0.5, 0.6) is 0 Å². The summed E-state index contributed by atoms with van der Waals surface area (Å²) in [6.45, 7) is 5.98. The van der Waals surface area contributed by atoms with E-state index in [1.54, 1.807) is 12.1 Å². The van der Waals surface area contributed by atoms with Gasteiger partial charge >= 0.3 is 12.4 Å². The van der Waals surface area contributed by atoms with Gasteiger partial charge < -0.3 is 14.6 Å². The van der Waals surface area contributed by atoms with Crippen LogP contribution in [0.2, 0.25) is 0 Å². The molecule has 1 N–H and O–H groups in total. The molecule has 0 aliphatic heterocycles. The molecule has 0 fully saturated rings. The van der Waals surface area contributed by atoms with Gasteiger partial charge in [-0.25, -0.2) is 4.85 Å². The van der Waals surface area contributed by atoms with Gasteiger partial charge in [-0.15, -0.1) is 10.2 Å². The summed E-state index contributed by atoms with van der Waals surface area (Å²) in [5, 5.41) is 10.0. The molecule has 0 atom stereocenters. The Bertz CT molecular complexity index is 1210. The van der Waals surface area contributed by atoms with Crippen LogP contribution in [0.4, 0.5) is 43.4 Å². The highest BCUT2D eigenvalue weighted by Gasteiger charge is 2.36. The Labute approximate surface area is 188 Å². The quantitative estimate of drug-likeness (QED) is 0.353. The van der Waals surface area contributed by atoms with Crippen LogP contribution in [0, 0.1) is 6.57 Å². The minimum absolute atomic E-state index is 0.0318. The van der Waals surface area contributed by atoms with Gasteiger partial charge in [-0.05, 0) is 36.4 Å². The summed E-state index contributed by atoms with van der Waals surface area (Å²) in [6, 6.07) is 8.46. The van der Waals surface area contributed by atoms with Gasteiger partial charge in [0.15, 0.2) is 5.69 Å². The number of aromatic nitrogens is 2. The van der Waals surface area contributed by atoms with Gasteiger partial charge in [0.1, 0.15) is 6.54 Å². The summed E-state index contributed by atoms with van der Waals surface area (Å²) in [4.78, 5) is 14.5. The fourth-order valence-electron chi connectivity index (χ4n) is 3.00. The molecule has 3 rings (SSSR count). The maximum atomic E-state index is 13.3. The maximum Gasteiger partial charge on any atom is 0.407 e. The highest BCUT2D eigenvalue weighted by Crippen LogP contribution is 2.39. The number of anilines is 2. The molecule has 0 aliphatic carbocycles. The third kappa shape index (κ3) is 6.25. The largest absolute Gasteiger partial charge is 0.419 e. The first-order chi connectivity index (χ1) is 15.9. The third-order valence-corrected chi connectivity index (χ3v) is 4.39. The van der Waals surface area contributed by atoms with Crippen LogP contribution in [-0.4, -0.2) is 28.8 Å². The summed E-state index contributed by atoms with van der Waals surface area (Å²) in [6.07, 6.45) is -9.68. The van der Waals surface area contributed by atoms with Crippen molar-refractivity contribution in [2.75, 3.05) is 16.8 Å². The van der Waals surface area contributed by atoms with E-state index in [2.05, 4.69) is 20.4 Å². The van der Waals surface area contributed by atoms with Crippen LogP contribution in [0.1, 0.15) is 18.4 Å². The first-order valence-corrected chi connectivity index (χ1v) is 9.46. The molecule has 1 amide bonds. The summed E-state index contributed by atoms with van der Waals surface area (Å²) >= 11 is 0. The molecule has 34 heavy (non-hydrogen) atoms. The van der Waals surface area contributed by atoms with E-state index in [-0.39, 0.29) is 17.7 Å². The van der Waals surface area contributed by atoms with E-state index in [0.717, 1.165) is 12.1 Å². The Morgan fingerprint density at radius 2 is 1.76 bits per heavy atom. The number of benzene rings is 2. The number of carbonyl (C=O) groups is 1. The van der Waals surface area contributed by atoms with Crippen LogP contribution in [-0.2, 0) is 17.5 Å². The predicted octanol–water partition coefficient (Wildman–Crippen LogP) is 5.83. The predicted molar refractivity (Wildman–Crippen MR) is 109 cm³/mol. The van der Waals surface area contributed by atoms with Crippen LogP contribution >= 0.6 is 0 Å². The average Bonchev–Trinajstić information content (AvgIpc) is 3.20. The number of hydrogen-bond donors (Lipinski definition) is 1. The zero-order chi connectivity index (χ0) is 25.1. The Hall–Kier alpha value is -4.08. The number of rotatable bonds is 6. The second-order valence-electron chi connectivity index (χ2n) is 7.04. The highest BCUT2D eigenvalue weighted by molar-refractivity contribution is 5.88. The maximum absolute atomic E-state index is 13.3. The lowest BCUT2D eigenvalue weighted by Crippen LogP contribution is -2.34. The number of alkyl halides is 6. The molecule has 0 unspecified atom stereocenters. The lowest BCUT2D eigenvalue weighted by molar-refractivity contribution is -0.136. The number of nitrogens with zero attached hydrogens (tertiary/aromatic N) is 4. The number of halogens is 6. The van der Waals surface area contributed by atoms with E-state index in [0.29, 0.717) is 22.2 Å². The van der Waals surface area contributed by atoms with Gasteiger partial charge in [0.2, 0.25) is 17.7 Å². The number of amides is 1. The first kappa shape index (κ1) is 24.6. The molecule has 2 aromatic carbocycles. The average molecular weight is 483 g/mol. The molecule has 13 heteroatoms. The first-order valence-electron chi connectivity index (χ1n) is 9.46. The van der Waals surface area contributed by atoms with Gasteiger partial charge in [0.25, 0.3) is 0 Å². The smallest absolute Gasteiger partial charge is 0.407 e. The van der Waals surface area contributed by atoms with Gasteiger partial charge in [-0.1, -0.05) is 6.07 Å². The fraction of sp³-hybridized carbons (Fsp3) is 0.238. The van der Waals surface area contributed by atoms with Gasteiger partial charge in [-0.3, -0.25) is 4.79 Å². The normalized spacial score (nSPS) is 11.7. The van der Waals surface area contributed by atoms with Crippen molar-refractivity contribution in [3.8, 4) is 11.5 Å². The molecule has 0 aliphatic rings. The Balaban J connectivity index is 1.89. The molecule has 0 radical (unpaired) electrons. The molecular formula is C21H15F6N5O2. The van der Waals surface area contributed by atoms with Crippen molar-refractivity contribution >= 4 is 23.0 Å². The van der Waals surface area contributed by atoms with Crippen molar-refractivity contribution in [2.24, 2.45) is 0 Å².